The lowest BCUT2D eigenvalue weighted by Gasteiger charge is -2.14. The molecule has 0 aromatic heterocycles. The van der Waals surface area contributed by atoms with Crippen molar-refractivity contribution in [2.24, 2.45) is 5.92 Å². The molecule has 0 radical (unpaired) electrons. The number of halogens is 1. The monoisotopic (exact) mass is 263 g/mol. The fourth-order valence-electron chi connectivity index (χ4n) is 1.93. The molecule has 3 heteroatoms. The number of hydrogen-bond acceptors (Lipinski definition) is 2. The topological polar surface area (TPSA) is 40.9 Å². The molecule has 0 fully saturated rings. The van der Waals surface area contributed by atoms with Gasteiger partial charge in [-0.15, -0.1) is 0 Å². The molecule has 0 bridgehead atoms. The molecule has 2 unspecified atom stereocenters. The number of hydrogen-bond donors (Lipinski definition) is 0. The van der Waals surface area contributed by atoms with Crippen molar-refractivity contribution in [3.8, 4) is 6.07 Å². The molecule has 0 spiro atoms. The Hall–Kier alpha value is -1.33. The quantitative estimate of drug-likeness (QED) is 0.766. The summed E-state index contributed by atoms with van der Waals surface area (Å²) in [6.07, 6.45) is 2.92. The second kappa shape index (κ2) is 7.18. The average molecular weight is 264 g/mol. The fraction of sp³-hybridized carbons (Fsp3) is 0.467. The number of Topliss-reactive ketones (excluding diaryl/α,β-unsaturated/α-hetero) is 1. The molecule has 0 heterocycles. The van der Waals surface area contributed by atoms with Crippen LogP contribution in [0.3, 0.4) is 0 Å². The average Bonchev–Trinajstić information content (AvgIpc) is 2.36. The van der Waals surface area contributed by atoms with Crippen LogP contribution in [0, 0.1) is 17.2 Å². The maximum atomic E-state index is 12.2. The number of nitriles is 1. The van der Waals surface area contributed by atoms with Crippen molar-refractivity contribution in [1.29, 1.82) is 5.26 Å². The van der Waals surface area contributed by atoms with Gasteiger partial charge in [-0.2, -0.15) is 5.26 Å². The lowest BCUT2D eigenvalue weighted by atomic mass is 9.87. The van der Waals surface area contributed by atoms with Crippen LogP contribution in [0.4, 0.5) is 0 Å². The van der Waals surface area contributed by atoms with Crippen molar-refractivity contribution in [3.05, 3.63) is 34.9 Å². The van der Waals surface area contributed by atoms with Gasteiger partial charge in [0.2, 0.25) is 0 Å². The Morgan fingerprint density at radius 3 is 2.78 bits per heavy atom. The number of benzene rings is 1. The molecule has 96 valence electrons. The van der Waals surface area contributed by atoms with Crippen LogP contribution in [0.15, 0.2) is 24.3 Å². The van der Waals surface area contributed by atoms with Crippen LogP contribution >= 0.6 is 11.6 Å². The highest BCUT2D eigenvalue weighted by Crippen LogP contribution is 2.24. The number of nitrogens with zero attached hydrogens (tertiary/aromatic N) is 1. The summed E-state index contributed by atoms with van der Waals surface area (Å²) in [5, 5.41) is 9.76. The van der Waals surface area contributed by atoms with Crippen LogP contribution in [-0.4, -0.2) is 5.78 Å². The van der Waals surface area contributed by atoms with E-state index < -0.39 is 5.92 Å². The molecule has 0 saturated carbocycles. The zero-order valence-corrected chi connectivity index (χ0v) is 11.6. The SMILES string of the molecule is CCCCC(C)C(=O)C(C#N)c1cccc(Cl)c1. The lowest BCUT2D eigenvalue weighted by Crippen LogP contribution is -2.19. The molecular weight excluding hydrogens is 246 g/mol. The molecule has 0 amide bonds. The molecule has 0 aliphatic carbocycles. The van der Waals surface area contributed by atoms with Crippen molar-refractivity contribution in [3.63, 3.8) is 0 Å². The minimum Gasteiger partial charge on any atom is -0.298 e. The Morgan fingerprint density at radius 2 is 2.22 bits per heavy atom. The highest BCUT2D eigenvalue weighted by atomic mass is 35.5. The van der Waals surface area contributed by atoms with Crippen LogP contribution in [0.1, 0.15) is 44.6 Å². The van der Waals surface area contributed by atoms with Crippen molar-refractivity contribution in [2.75, 3.05) is 0 Å². The first kappa shape index (κ1) is 14.7. The van der Waals surface area contributed by atoms with Crippen molar-refractivity contribution in [2.45, 2.75) is 39.0 Å². The highest BCUT2D eigenvalue weighted by molar-refractivity contribution is 6.30. The Kier molecular flexibility index (Phi) is 5.88. The second-order valence-corrected chi connectivity index (χ2v) is 5.00. The van der Waals surface area contributed by atoms with Gasteiger partial charge in [-0.25, -0.2) is 0 Å². The summed E-state index contributed by atoms with van der Waals surface area (Å²) < 4.78 is 0. The van der Waals surface area contributed by atoms with Crippen molar-refractivity contribution < 1.29 is 4.79 Å². The molecule has 0 N–H and O–H groups in total. The molecule has 0 aliphatic heterocycles. The predicted molar refractivity (Wildman–Crippen MR) is 73.5 cm³/mol. The smallest absolute Gasteiger partial charge is 0.157 e. The Bertz CT molecular complexity index is 450. The number of rotatable bonds is 6. The Balaban J connectivity index is 2.84. The van der Waals surface area contributed by atoms with Gasteiger partial charge in [-0.05, 0) is 24.1 Å². The van der Waals surface area contributed by atoms with E-state index in [1.165, 1.54) is 0 Å². The first-order valence-corrected chi connectivity index (χ1v) is 6.66. The number of carbonyl (C=O) groups excluding carboxylic acids is 1. The predicted octanol–water partition coefficient (Wildman–Crippen LogP) is 4.34. The van der Waals surface area contributed by atoms with E-state index in [-0.39, 0.29) is 11.7 Å². The maximum absolute atomic E-state index is 12.2. The summed E-state index contributed by atoms with van der Waals surface area (Å²) in [5.74, 6) is -0.780. The number of carbonyl (C=O) groups is 1. The minimum absolute atomic E-state index is 0.00628. The lowest BCUT2D eigenvalue weighted by molar-refractivity contribution is -0.122. The summed E-state index contributed by atoms with van der Waals surface area (Å²) in [4.78, 5) is 12.2. The first-order valence-electron chi connectivity index (χ1n) is 6.29. The molecule has 0 aliphatic rings. The largest absolute Gasteiger partial charge is 0.298 e. The Morgan fingerprint density at radius 1 is 1.50 bits per heavy atom. The third-order valence-corrected chi connectivity index (χ3v) is 3.31. The standard InChI is InChI=1S/C15H18ClNO/c1-3-4-6-11(2)15(18)14(10-17)12-7-5-8-13(16)9-12/h5,7-9,11,14H,3-4,6H2,1-2H3. The van der Waals surface area contributed by atoms with Crippen molar-refractivity contribution >= 4 is 17.4 Å². The first-order chi connectivity index (χ1) is 8.60. The molecule has 1 aromatic carbocycles. The van der Waals surface area contributed by atoms with E-state index in [2.05, 4.69) is 13.0 Å². The molecule has 1 rings (SSSR count). The fourth-order valence-corrected chi connectivity index (χ4v) is 2.12. The van der Waals surface area contributed by atoms with Crippen LogP contribution in [-0.2, 0) is 4.79 Å². The van der Waals surface area contributed by atoms with Crippen LogP contribution in [0.25, 0.3) is 0 Å². The van der Waals surface area contributed by atoms with E-state index in [0.29, 0.717) is 10.6 Å². The van der Waals surface area contributed by atoms with E-state index in [9.17, 15) is 10.1 Å². The van der Waals surface area contributed by atoms with Gasteiger partial charge in [0.15, 0.2) is 5.78 Å². The molecule has 0 saturated heterocycles. The van der Waals surface area contributed by atoms with Gasteiger partial charge >= 0.3 is 0 Å². The third-order valence-electron chi connectivity index (χ3n) is 3.07. The zero-order chi connectivity index (χ0) is 13.5. The molecular formula is C15H18ClNO. The van der Waals surface area contributed by atoms with Gasteiger partial charge < -0.3 is 0 Å². The summed E-state index contributed by atoms with van der Waals surface area (Å²) in [6, 6.07) is 9.08. The van der Waals surface area contributed by atoms with Gasteiger partial charge in [0.05, 0.1) is 6.07 Å². The minimum atomic E-state index is -0.699. The van der Waals surface area contributed by atoms with Gasteiger partial charge in [0.25, 0.3) is 0 Å². The van der Waals surface area contributed by atoms with Crippen LogP contribution in [0.5, 0.6) is 0 Å². The highest BCUT2D eigenvalue weighted by Gasteiger charge is 2.24. The Labute approximate surface area is 114 Å². The molecule has 1 aromatic rings. The summed E-state index contributed by atoms with van der Waals surface area (Å²) in [5.41, 5.74) is 0.693. The van der Waals surface area contributed by atoms with Crippen molar-refractivity contribution in [1.82, 2.24) is 0 Å². The molecule has 2 atom stereocenters. The van der Waals surface area contributed by atoms with E-state index in [1.54, 1.807) is 24.3 Å². The van der Waals surface area contributed by atoms with Gasteiger partial charge in [-0.1, -0.05) is 50.4 Å². The van der Waals surface area contributed by atoms with Gasteiger partial charge in [0.1, 0.15) is 5.92 Å². The summed E-state index contributed by atoms with van der Waals surface area (Å²) in [6.45, 7) is 3.99. The molecule has 2 nitrogen and oxygen atoms in total. The van der Waals surface area contributed by atoms with E-state index >= 15 is 0 Å². The van der Waals surface area contributed by atoms with Crippen LogP contribution in [0.2, 0.25) is 5.02 Å². The second-order valence-electron chi connectivity index (χ2n) is 4.56. The normalized spacial score (nSPS) is 13.7. The number of unbranched alkanes of at least 4 members (excludes halogenated alkanes) is 1. The van der Waals surface area contributed by atoms with E-state index in [4.69, 9.17) is 11.6 Å². The maximum Gasteiger partial charge on any atom is 0.157 e. The number of ketones is 1. The summed E-state index contributed by atoms with van der Waals surface area (Å²) >= 11 is 5.89. The van der Waals surface area contributed by atoms with E-state index in [0.717, 1.165) is 19.3 Å². The zero-order valence-electron chi connectivity index (χ0n) is 10.8. The third kappa shape index (κ3) is 3.85. The van der Waals surface area contributed by atoms with Gasteiger partial charge in [-0.3, -0.25) is 4.79 Å². The molecule has 18 heavy (non-hydrogen) atoms. The van der Waals surface area contributed by atoms with E-state index in [1.807, 2.05) is 6.92 Å². The summed E-state index contributed by atoms with van der Waals surface area (Å²) in [7, 11) is 0. The van der Waals surface area contributed by atoms with Gasteiger partial charge in [0, 0.05) is 10.9 Å². The van der Waals surface area contributed by atoms with Crippen LogP contribution < -0.4 is 0 Å².